The summed E-state index contributed by atoms with van der Waals surface area (Å²) in [7, 11) is 1.82. The van der Waals surface area contributed by atoms with Crippen LogP contribution < -0.4 is 0 Å². The first-order chi connectivity index (χ1) is 13.3. The SMILES string of the molecule is CCn1nc(C(=O)N(C)Cc2ccccc2)cc1-c1ccc(C(C)(C)C)cc1. The van der Waals surface area contributed by atoms with E-state index in [9.17, 15) is 4.79 Å². The maximum absolute atomic E-state index is 12.9. The molecule has 0 bridgehead atoms. The third-order valence-corrected chi connectivity index (χ3v) is 4.95. The highest BCUT2D eigenvalue weighted by atomic mass is 16.2. The van der Waals surface area contributed by atoms with Crippen LogP contribution in [0, 0.1) is 0 Å². The number of nitrogens with zero attached hydrogens (tertiary/aromatic N) is 3. The van der Waals surface area contributed by atoms with Gasteiger partial charge in [-0.15, -0.1) is 0 Å². The summed E-state index contributed by atoms with van der Waals surface area (Å²) in [6.45, 7) is 9.94. The van der Waals surface area contributed by atoms with Crippen LogP contribution >= 0.6 is 0 Å². The molecule has 0 radical (unpaired) electrons. The first-order valence-electron chi connectivity index (χ1n) is 9.77. The van der Waals surface area contributed by atoms with Crippen molar-refractivity contribution < 1.29 is 4.79 Å². The Morgan fingerprint density at radius 3 is 2.25 bits per heavy atom. The molecule has 0 atom stereocenters. The molecule has 1 heterocycles. The molecule has 0 N–H and O–H groups in total. The summed E-state index contributed by atoms with van der Waals surface area (Å²) in [6, 6.07) is 20.4. The molecule has 0 unspecified atom stereocenters. The second-order valence-electron chi connectivity index (χ2n) is 8.20. The Balaban J connectivity index is 1.84. The van der Waals surface area contributed by atoms with Crippen molar-refractivity contribution in [2.75, 3.05) is 7.05 Å². The van der Waals surface area contributed by atoms with E-state index < -0.39 is 0 Å². The molecule has 0 aliphatic carbocycles. The zero-order valence-corrected chi connectivity index (χ0v) is 17.4. The van der Waals surface area contributed by atoms with Crippen molar-refractivity contribution in [3.63, 3.8) is 0 Å². The van der Waals surface area contributed by atoms with Crippen molar-refractivity contribution in [3.05, 3.63) is 77.5 Å². The Bertz CT molecular complexity index is 934. The molecule has 4 heteroatoms. The molecule has 1 aromatic heterocycles. The monoisotopic (exact) mass is 375 g/mol. The lowest BCUT2D eigenvalue weighted by Crippen LogP contribution is -2.26. The topological polar surface area (TPSA) is 38.1 Å². The van der Waals surface area contributed by atoms with Gasteiger partial charge in [0.25, 0.3) is 5.91 Å². The third kappa shape index (κ3) is 4.33. The van der Waals surface area contributed by atoms with E-state index in [0.717, 1.165) is 16.8 Å². The van der Waals surface area contributed by atoms with E-state index in [1.807, 2.05) is 55.1 Å². The van der Waals surface area contributed by atoms with E-state index in [1.165, 1.54) is 5.56 Å². The summed E-state index contributed by atoms with van der Waals surface area (Å²) < 4.78 is 1.90. The van der Waals surface area contributed by atoms with Gasteiger partial charge in [-0.05, 0) is 35.1 Å². The van der Waals surface area contributed by atoms with E-state index in [4.69, 9.17) is 0 Å². The van der Waals surface area contributed by atoms with Crippen LogP contribution in [0.1, 0.15) is 49.3 Å². The van der Waals surface area contributed by atoms with Crippen molar-refractivity contribution in [1.82, 2.24) is 14.7 Å². The number of carbonyl (C=O) groups is 1. The molecule has 28 heavy (non-hydrogen) atoms. The smallest absolute Gasteiger partial charge is 0.274 e. The van der Waals surface area contributed by atoms with E-state index >= 15 is 0 Å². The minimum Gasteiger partial charge on any atom is -0.336 e. The largest absolute Gasteiger partial charge is 0.336 e. The first kappa shape index (κ1) is 19.9. The predicted molar refractivity (Wildman–Crippen MR) is 114 cm³/mol. The standard InChI is InChI=1S/C24H29N3O/c1-6-27-22(19-12-14-20(15-13-19)24(2,3)4)16-21(25-27)23(28)26(5)17-18-10-8-7-9-11-18/h7-16H,6,17H2,1-5H3. The average molecular weight is 376 g/mol. The summed E-state index contributed by atoms with van der Waals surface area (Å²) in [6.07, 6.45) is 0. The minimum absolute atomic E-state index is 0.0661. The van der Waals surface area contributed by atoms with Crippen LogP contribution in [0.5, 0.6) is 0 Å². The molecule has 1 amide bonds. The molecule has 4 nitrogen and oxygen atoms in total. The average Bonchev–Trinajstić information content (AvgIpc) is 3.12. The summed E-state index contributed by atoms with van der Waals surface area (Å²) in [5, 5.41) is 4.56. The molecule has 0 spiro atoms. The van der Waals surface area contributed by atoms with Crippen LogP contribution in [0.3, 0.4) is 0 Å². The summed E-state index contributed by atoms with van der Waals surface area (Å²) in [5.74, 6) is -0.0661. The van der Waals surface area contributed by atoms with E-state index in [-0.39, 0.29) is 11.3 Å². The van der Waals surface area contributed by atoms with Gasteiger partial charge in [0, 0.05) is 20.1 Å². The highest BCUT2D eigenvalue weighted by Gasteiger charge is 2.19. The highest BCUT2D eigenvalue weighted by Crippen LogP contribution is 2.27. The Hall–Kier alpha value is -2.88. The fourth-order valence-electron chi connectivity index (χ4n) is 3.26. The third-order valence-electron chi connectivity index (χ3n) is 4.95. The molecule has 3 aromatic rings. The van der Waals surface area contributed by atoms with Gasteiger partial charge in [0.1, 0.15) is 0 Å². The zero-order chi connectivity index (χ0) is 20.3. The normalized spacial score (nSPS) is 11.5. The van der Waals surface area contributed by atoms with Crippen LogP contribution in [-0.4, -0.2) is 27.6 Å². The van der Waals surface area contributed by atoms with Gasteiger partial charge in [0.15, 0.2) is 5.69 Å². The van der Waals surface area contributed by atoms with Crippen molar-refractivity contribution in [2.45, 2.75) is 46.2 Å². The van der Waals surface area contributed by atoms with E-state index in [0.29, 0.717) is 18.8 Å². The molecule has 0 saturated carbocycles. The van der Waals surface area contributed by atoms with Crippen molar-refractivity contribution >= 4 is 5.91 Å². The molecule has 146 valence electrons. The van der Waals surface area contributed by atoms with Gasteiger partial charge < -0.3 is 4.90 Å². The number of carbonyl (C=O) groups excluding carboxylic acids is 1. The lowest BCUT2D eigenvalue weighted by atomic mass is 9.86. The predicted octanol–water partition coefficient (Wildman–Crippen LogP) is 5.14. The zero-order valence-electron chi connectivity index (χ0n) is 17.4. The van der Waals surface area contributed by atoms with Gasteiger partial charge in [0.05, 0.1) is 5.69 Å². The van der Waals surface area contributed by atoms with Gasteiger partial charge in [-0.1, -0.05) is 75.4 Å². The minimum atomic E-state index is -0.0661. The van der Waals surface area contributed by atoms with Gasteiger partial charge in [0.2, 0.25) is 0 Å². The van der Waals surface area contributed by atoms with Gasteiger partial charge in [-0.25, -0.2) is 0 Å². The van der Waals surface area contributed by atoms with Crippen molar-refractivity contribution in [2.24, 2.45) is 0 Å². The molecule has 0 aliphatic rings. The van der Waals surface area contributed by atoms with Gasteiger partial charge in [-0.2, -0.15) is 5.10 Å². The summed E-state index contributed by atoms with van der Waals surface area (Å²) in [4.78, 5) is 14.6. The number of aromatic nitrogens is 2. The van der Waals surface area contributed by atoms with E-state index in [2.05, 4.69) is 50.1 Å². The van der Waals surface area contributed by atoms with Gasteiger partial charge in [-0.3, -0.25) is 9.48 Å². The fraction of sp³-hybridized carbons (Fsp3) is 0.333. The molecular formula is C24H29N3O. The lowest BCUT2D eigenvalue weighted by Gasteiger charge is -2.19. The molecule has 0 fully saturated rings. The molecule has 3 rings (SSSR count). The number of hydrogen-bond donors (Lipinski definition) is 0. The molecule has 0 aliphatic heterocycles. The number of hydrogen-bond acceptors (Lipinski definition) is 2. The number of benzene rings is 2. The van der Waals surface area contributed by atoms with Crippen LogP contribution in [0.2, 0.25) is 0 Å². The van der Waals surface area contributed by atoms with Crippen LogP contribution in [0.25, 0.3) is 11.3 Å². The highest BCUT2D eigenvalue weighted by molar-refractivity contribution is 5.93. The molecule has 0 saturated heterocycles. The van der Waals surface area contributed by atoms with Crippen molar-refractivity contribution in [1.29, 1.82) is 0 Å². The van der Waals surface area contributed by atoms with Crippen LogP contribution in [0.4, 0.5) is 0 Å². The number of rotatable bonds is 5. The van der Waals surface area contributed by atoms with E-state index in [1.54, 1.807) is 4.90 Å². The van der Waals surface area contributed by atoms with Crippen LogP contribution in [-0.2, 0) is 18.5 Å². The first-order valence-corrected chi connectivity index (χ1v) is 9.77. The Labute approximate surface area is 167 Å². The second kappa shape index (κ2) is 8.01. The maximum atomic E-state index is 12.9. The van der Waals surface area contributed by atoms with Crippen LogP contribution in [0.15, 0.2) is 60.7 Å². The Morgan fingerprint density at radius 1 is 1.04 bits per heavy atom. The fourth-order valence-corrected chi connectivity index (χ4v) is 3.26. The summed E-state index contributed by atoms with van der Waals surface area (Å²) in [5.41, 5.74) is 5.04. The molecule has 2 aromatic carbocycles. The quantitative estimate of drug-likeness (QED) is 0.619. The van der Waals surface area contributed by atoms with Gasteiger partial charge >= 0.3 is 0 Å². The Kier molecular flexibility index (Phi) is 5.68. The lowest BCUT2D eigenvalue weighted by molar-refractivity contribution is 0.0778. The van der Waals surface area contributed by atoms with Crippen molar-refractivity contribution in [3.8, 4) is 11.3 Å². The second-order valence-corrected chi connectivity index (χ2v) is 8.20. The number of aryl methyl sites for hydroxylation is 1. The summed E-state index contributed by atoms with van der Waals surface area (Å²) >= 11 is 0. The maximum Gasteiger partial charge on any atom is 0.274 e. The number of amides is 1. The Morgan fingerprint density at radius 2 is 1.68 bits per heavy atom. The molecular weight excluding hydrogens is 346 g/mol.